The third-order valence-electron chi connectivity index (χ3n) is 6.84. The Morgan fingerprint density at radius 1 is 1.12 bits per heavy atom. The van der Waals surface area contributed by atoms with Crippen LogP contribution < -0.4 is 0 Å². The molecule has 1 spiro atoms. The third kappa shape index (κ3) is 2.96. The van der Waals surface area contributed by atoms with Gasteiger partial charge in [0.1, 0.15) is 0 Å². The maximum atomic E-state index is 12.9. The zero-order valence-electron chi connectivity index (χ0n) is 15.0. The lowest BCUT2D eigenvalue weighted by atomic mass is 9.54. The van der Waals surface area contributed by atoms with Gasteiger partial charge in [-0.25, -0.2) is 0 Å². The molecule has 0 saturated heterocycles. The maximum absolute atomic E-state index is 12.9. The van der Waals surface area contributed by atoms with Gasteiger partial charge in [0.15, 0.2) is 0 Å². The molecular formula is C19H31NO4. The summed E-state index contributed by atoms with van der Waals surface area (Å²) in [5.41, 5.74) is 0.142. The summed E-state index contributed by atoms with van der Waals surface area (Å²) in [5, 5.41) is 9.17. The summed E-state index contributed by atoms with van der Waals surface area (Å²) in [7, 11) is 1.93. The van der Waals surface area contributed by atoms with E-state index in [0.717, 1.165) is 32.3 Å². The molecule has 0 aliphatic heterocycles. The molecule has 3 aliphatic rings. The Morgan fingerprint density at radius 2 is 1.79 bits per heavy atom. The van der Waals surface area contributed by atoms with Crippen LogP contribution in [0.4, 0.5) is 0 Å². The first kappa shape index (κ1) is 17.7. The van der Waals surface area contributed by atoms with Gasteiger partial charge < -0.3 is 14.7 Å². The van der Waals surface area contributed by atoms with Gasteiger partial charge in [0.25, 0.3) is 0 Å². The van der Waals surface area contributed by atoms with Crippen molar-refractivity contribution >= 4 is 11.9 Å². The van der Waals surface area contributed by atoms with Gasteiger partial charge in [-0.2, -0.15) is 0 Å². The minimum atomic E-state index is -0.753. The lowest BCUT2D eigenvalue weighted by Gasteiger charge is -2.60. The molecule has 2 unspecified atom stereocenters. The van der Waals surface area contributed by atoms with E-state index in [4.69, 9.17) is 9.84 Å². The van der Waals surface area contributed by atoms with Gasteiger partial charge in [0.05, 0.1) is 12.0 Å². The number of nitrogens with zero attached hydrogens (tertiary/aromatic N) is 1. The molecule has 0 aromatic carbocycles. The predicted molar refractivity (Wildman–Crippen MR) is 90.6 cm³/mol. The molecule has 4 atom stereocenters. The Hall–Kier alpha value is -1.10. The van der Waals surface area contributed by atoms with Gasteiger partial charge in [0, 0.05) is 31.0 Å². The van der Waals surface area contributed by atoms with Crippen LogP contribution in [0.3, 0.4) is 0 Å². The highest BCUT2D eigenvalue weighted by atomic mass is 16.5. The highest BCUT2D eigenvalue weighted by Crippen LogP contribution is 2.55. The van der Waals surface area contributed by atoms with E-state index in [-0.39, 0.29) is 29.2 Å². The summed E-state index contributed by atoms with van der Waals surface area (Å²) >= 11 is 0. The maximum Gasteiger partial charge on any atom is 0.306 e. The van der Waals surface area contributed by atoms with Crippen LogP contribution >= 0.6 is 0 Å². The zero-order valence-corrected chi connectivity index (χ0v) is 15.0. The smallest absolute Gasteiger partial charge is 0.306 e. The number of amides is 1. The molecule has 3 saturated carbocycles. The molecule has 3 rings (SSSR count). The highest BCUT2D eigenvalue weighted by molar-refractivity contribution is 5.81. The SMILES string of the molecule is CCOC1CC(N(C)C(=O)[C@@H]2CC[C@H](C(=O)O)C2)C12CCCCC2. The number of carbonyl (C=O) groups is 2. The van der Waals surface area contributed by atoms with Gasteiger partial charge in [0.2, 0.25) is 5.91 Å². The first-order valence-electron chi connectivity index (χ1n) is 9.60. The molecule has 5 nitrogen and oxygen atoms in total. The number of carboxylic acids is 1. The number of ether oxygens (including phenoxy) is 1. The molecule has 0 bridgehead atoms. The lowest BCUT2D eigenvalue weighted by Crippen LogP contribution is -2.66. The van der Waals surface area contributed by atoms with E-state index in [1.165, 1.54) is 19.3 Å². The van der Waals surface area contributed by atoms with Crippen molar-refractivity contribution in [2.75, 3.05) is 13.7 Å². The Labute approximate surface area is 144 Å². The molecule has 136 valence electrons. The first-order valence-corrected chi connectivity index (χ1v) is 9.60. The number of rotatable bonds is 5. The fourth-order valence-corrected chi connectivity index (χ4v) is 5.44. The zero-order chi connectivity index (χ0) is 17.3. The van der Waals surface area contributed by atoms with Crippen molar-refractivity contribution in [1.82, 2.24) is 4.90 Å². The lowest BCUT2D eigenvalue weighted by molar-refractivity contribution is -0.186. The topological polar surface area (TPSA) is 66.8 Å². The molecule has 1 N–H and O–H groups in total. The van der Waals surface area contributed by atoms with E-state index >= 15 is 0 Å². The van der Waals surface area contributed by atoms with Gasteiger partial charge in [-0.05, 0) is 45.4 Å². The second kappa shape index (κ2) is 7.03. The fourth-order valence-electron chi connectivity index (χ4n) is 5.44. The van der Waals surface area contributed by atoms with Crippen molar-refractivity contribution in [3.63, 3.8) is 0 Å². The Kier molecular flexibility index (Phi) is 5.19. The van der Waals surface area contributed by atoms with E-state index in [0.29, 0.717) is 18.9 Å². The minimum absolute atomic E-state index is 0.108. The van der Waals surface area contributed by atoms with E-state index in [1.807, 2.05) is 18.9 Å². The quantitative estimate of drug-likeness (QED) is 0.837. The molecule has 3 fully saturated rings. The Bertz CT molecular complexity index is 486. The Balaban J connectivity index is 1.66. The number of hydrogen-bond acceptors (Lipinski definition) is 3. The number of hydrogen-bond donors (Lipinski definition) is 1. The second-order valence-electron chi connectivity index (χ2n) is 7.98. The van der Waals surface area contributed by atoms with Crippen LogP contribution in [-0.4, -0.2) is 47.7 Å². The van der Waals surface area contributed by atoms with E-state index in [9.17, 15) is 9.59 Å². The summed E-state index contributed by atoms with van der Waals surface area (Å²) in [6.07, 6.45) is 9.14. The molecule has 0 aromatic rings. The van der Waals surface area contributed by atoms with Crippen molar-refractivity contribution in [2.24, 2.45) is 17.3 Å². The van der Waals surface area contributed by atoms with Gasteiger partial charge >= 0.3 is 5.97 Å². The van der Waals surface area contributed by atoms with Crippen molar-refractivity contribution in [3.05, 3.63) is 0 Å². The monoisotopic (exact) mass is 337 g/mol. The summed E-state index contributed by atoms with van der Waals surface area (Å²) in [6, 6.07) is 0.269. The molecule has 3 aliphatic carbocycles. The molecule has 5 heteroatoms. The summed E-state index contributed by atoms with van der Waals surface area (Å²) in [6.45, 7) is 2.78. The van der Waals surface area contributed by atoms with Gasteiger partial charge in [-0.3, -0.25) is 9.59 Å². The predicted octanol–water partition coefficient (Wildman–Crippen LogP) is 3.07. The number of aliphatic carboxylic acids is 1. The van der Waals surface area contributed by atoms with E-state index in [1.54, 1.807) is 0 Å². The van der Waals surface area contributed by atoms with Gasteiger partial charge in [-0.1, -0.05) is 19.3 Å². The molecule has 1 amide bonds. The summed E-state index contributed by atoms with van der Waals surface area (Å²) in [4.78, 5) is 26.0. The molecule has 24 heavy (non-hydrogen) atoms. The van der Waals surface area contributed by atoms with Crippen LogP contribution in [0.15, 0.2) is 0 Å². The minimum Gasteiger partial charge on any atom is -0.481 e. The first-order chi connectivity index (χ1) is 11.5. The molecular weight excluding hydrogens is 306 g/mol. The normalized spacial score (nSPS) is 34.8. The average Bonchev–Trinajstić information content (AvgIpc) is 3.08. The van der Waals surface area contributed by atoms with Gasteiger partial charge in [-0.15, -0.1) is 0 Å². The Morgan fingerprint density at radius 3 is 2.38 bits per heavy atom. The average molecular weight is 337 g/mol. The highest BCUT2D eigenvalue weighted by Gasteiger charge is 2.58. The van der Waals surface area contributed by atoms with Crippen molar-refractivity contribution < 1.29 is 19.4 Å². The molecule has 0 radical (unpaired) electrons. The fraction of sp³-hybridized carbons (Fsp3) is 0.895. The van der Waals surface area contributed by atoms with Crippen LogP contribution in [0, 0.1) is 17.3 Å². The summed E-state index contributed by atoms with van der Waals surface area (Å²) in [5.74, 6) is -1.04. The standard InChI is InChI=1S/C19H31NO4/c1-3-24-16-12-15(19(16)9-5-4-6-10-19)20(2)17(21)13-7-8-14(11-13)18(22)23/h13-16H,3-12H2,1-2H3,(H,22,23)/t13-,14+,15?,16?/m1/s1. The summed E-state index contributed by atoms with van der Waals surface area (Å²) < 4.78 is 5.99. The van der Waals surface area contributed by atoms with Crippen LogP contribution in [0.1, 0.15) is 64.7 Å². The van der Waals surface area contributed by atoms with Crippen LogP contribution in [0.25, 0.3) is 0 Å². The molecule has 0 heterocycles. The van der Waals surface area contributed by atoms with Crippen molar-refractivity contribution in [3.8, 4) is 0 Å². The van der Waals surface area contributed by atoms with Crippen LogP contribution in [-0.2, 0) is 14.3 Å². The van der Waals surface area contributed by atoms with E-state index in [2.05, 4.69) is 0 Å². The van der Waals surface area contributed by atoms with Crippen LogP contribution in [0.2, 0.25) is 0 Å². The number of carboxylic acid groups (broad SMARTS) is 1. The largest absolute Gasteiger partial charge is 0.481 e. The van der Waals surface area contributed by atoms with E-state index < -0.39 is 5.97 Å². The van der Waals surface area contributed by atoms with Crippen LogP contribution in [0.5, 0.6) is 0 Å². The van der Waals surface area contributed by atoms with Crippen molar-refractivity contribution in [1.29, 1.82) is 0 Å². The second-order valence-corrected chi connectivity index (χ2v) is 7.98. The van der Waals surface area contributed by atoms with Crippen molar-refractivity contribution in [2.45, 2.75) is 76.9 Å². The number of carbonyl (C=O) groups excluding carboxylic acids is 1. The molecule has 0 aromatic heterocycles. The third-order valence-corrected chi connectivity index (χ3v) is 6.84.